The first-order valence-electron chi connectivity index (χ1n) is 10.8. The van der Waals surface area contributed by atoms with Crippen molar-refractivity contribution in [2.24, 2.45) is 0 Å². The van der Waals surface area contributed by atoms with Gasteiger partial charge in [0.1, 0.15) is 5.75 Å². The number of hydrogen-bond donors (Lipinski definition) is 2. The second-order valence-electron chi connectivity index (χ2n) is 7.87. The summed E-state index contributed by atoms with van der Waals surface area (Å²) >= 11 is 6.38. The van der Waals surface area contributed by atoms with Crippen LogP contribution >= 0.6 is 11.6 Å². The average Bonchev–Trinajstić information content (AvgIpc) is 2.84. The molecule has 2 aromatic carbocycles. The molecule has 0 bridgehead atoms. The molecule has 1 fully saturated rings. The summed E-state index contributed by atoms with van der Waals surface area (Å²) in [6.07, 6.45) is 0. The van der Waals surface area contributed by atoms with Crippen molar-refractivity contribution in [3.63, 3.8) is 0 Å². The van der Waals surface area contributed by atoms with Gasteiger partial charge >= 0.3 is 12.0 Å². The molecular weight excluding hydrogens is 444 g/mol. The summed E-state index contributed by atoms with van der Waals surface area (Å²) in [5.74, 6) is 0.338. The second kappa shape index (κ2) is 10.1. The molecule has 2 aromatic rings. The second-order valence-corrected chi connectivity index (χ2v) is 8.28. The quantitative estimate of drug-likeness (QED) is 0.632. The topological polar surface area (TPSA) is 83.1 Å². The number of rotatable bonds is 6. The van der Waals surface area contributed by atoms with E-state index < -0.39 is 12.0 Å². The zero-order chi connectivity index (χ0) is 23.4. The number of urea groups is 1. The van der Waals surface area contributed by atoms with E-state index in [4.69, 9.17) is 21.1 Å². The predicted octanol–water partition coefficient (Wildman–Crippen LogP) is 2.95. The largest absolute Gasteiger partial charge is 0.495 e. The van der Waals surface area contributed by atoms with Crippen molar-refractivity contribution >= 4 is 29.3 Å². The Morgan fingerprint density at radius 1 is 1.06 bits per heavy atom. The van der Waals surface area contributed by atoms with Gasteiger partial charge in [0.05, 0.1) is 31.5 Å². The Hall–Kier alpha value is -3.23. The van der Waals surface area contributed by atoms with E-state index in [9.17, 15) is 9.59 Å². The SMILES string of the molecule is COC(=O)C1=C(CN2CCN(c3ccccc3OC)CC2)NC(=O)NC1c1ccccc1Cl. The van der Waals surface area contributed by atoms with Crippen LogP contribution in [0.2, 0.25) is 5.02 Å². The summed E-state index contributed by atoms with van der Waals surface area (Å²) in [7, 11) is 3.00. The lowest BCUT2D eigenvalue weighted by atomic mass is 9.95. The van der Waals surface area contributed by atoms with Gasteiger partial charge in [-0.15, -0.1) is 0 Å². The predicted molar refractivity (Wildman–Crippen MR) is 127 cm³/mol. The van der Waals surface area contributed by atoms with Crippen molar-refractivity contribution in [1.29, 1.82) is 0 Å². The van der Waals surface area contributed by atoms with Crippen molar-refractivity contribution in [2.45, 2.75) is 6.04 Å². The number of carbonyl (C=O) groups excluding carboxylic acids is 2. The fraction of sp³-hybridized carbons (Fsp3) is 0.333. The molecule has 0 aliphatic carbocycles. The number of amides is 2. The van der Waals surface area contributed by atoms with Crippen LogP contribution in [0.1, 0.15) is 11.6 Å². The Morgan fingerprint density at radius 2 is 1.76 bits per heavy atom. The van der Waals surface area contributed by atoms with Gasteiger partial charge in [0.15, 0.2) is 0 Å². The van der Waals surface area contributed by atoms with Crippen LogP contribution in [-0.2, 0) is 9.53 Å². The van der Waals surface area contributed by atoms with Crippen molar-refractivity contribution in [1.82, 2.24) is 15.5 Å². The Morgan fingerprint density at radius 3 is 2.45 bits per heavy atom. The zero-order valence-corrected chi connectivity index (χ0v) is 19.4. The fourth-order valence-corrected chi connectivity index (χ4v) is 4.54. The van der Waals surface area contributed by atoms with Gasteiger partial charge in [-0.25, -0.2) is 9.59 Å². The molecule has 1 unspecified atom stereocenters. The summed E-state index contributed by atoms with van der Waals surface area (Å²) in [5.41, 5.74) is 2.59. The standard InChI is InChI=1S/C24H27ClN4O4/c1-32-20-10-6-5-9-19(20)29-13-11-28(12-14-29)15-18-21(23(30)33-2)22(27-24(31)26-18)16-7-3-4-8-17(16)25/h3-10,22H,11-15H2,1-2H3,(H2,26,27,31). The lowest BCUT2D eigenvalue weighted by molar-refractivity contribution is -0.136. The number of nitrogens with zero attached hydrogens (tertiary/aromatic N) is 2. The minimum atomic E-state index is -0.690. The van der Waals surface area contributed by atoms with E-state index in [0.29, 0.717) is 28.4 Å². The van der Waals surface area contributed by atoms with E-state index in [-0.39, 0.29) is 6.03 Å². The van der Waals surface area contributed by atoms with Crippen LogP contribution in [0.4, 0.5) is 10.5 Å². The number of anilines is 1. The summed E-state index contributed by atoms with van der Waals surface area (Å²) < 4.78 is 10.6. The molecule has 0 aromatic heterocycles. The summed E-state index contributed by atoms with van der Waals surface area (Å²) in [6.45, 7) is 3.52. The molecule has 9 heteroatoms. The molecule has 0 radical (unpaired) electrons. The number of benzene rings is 2. The van der Waals surface area contributed by atoms with Crippen LogP contribution in [0.15, 0.2) is 59.8 Å². The molecule has 2 amide bonds. The highest BCUT2D eigenvalue weighted by molar-refractivity contribution is 6.31. The Labute approximate surface area is 198 Å². The molecule has 8 nitrogen and oxygen atoms in total. The number of nitrogens with one attached hydrogen (secondary N) is 2. The first kappa shape index (κ1) is 22.9. The van der Waals surface area contributed by atoms with Gasteiger partial charge in [-0.1, -0.05) is 41.9 Å². The molecule has 0 saturated carbocycles. The molecule has 4 rings (SSSR count). The minimum Gasteiger partial charge on any atom is -0.495 e. The number of ether oxygens (including phenoxy) is 2. The molecule has 0 spiro atoms. The van der Waals surface area contributed by atoms with Crippen LogP contribution < -0.4 is 20.3 Å². The van der Waals surface area contributed by atoms with Crippen LogP contribution in [0.5, 0.6) is 5.75 Å². The maximum Gasteiger partial charge on any atom is 0.338 e. The maximum absolute atomic E-state index is 12.8. The highest BCUT2D eigenvalue weighted by Gasteiger charge is 2.35. The van der Waals surface area contributed by atoms with Gasteiger partial charge < -0.3 is 25.0 Å². The van der Waals surface area contributed by atoms with Gasteiger partial charge in [-0.2, -0.15) is 0 Å². The van der Waals surface area contributed by atoms with Gasteiger partial charge in [-0.3, -0.25) is 4.90 Å². The molecule has 33 heavy (non-hydrogen) atoms. The number of halogens is 1. The first-order chi connectivity index (χ1) is 16.0. The number of carbonyl (C=O) groups is 2. The molecule has 2 aliphatic rings. The summed E-state index contributed by atoms with van der Waals surface area (Å²) in [6, 6.07) is 14.0. The number of methoxy groups -OCH3 is 2. The average molecular weight is 471 g/mol. The van der Waals surface area contributed by atoms with Crippen LogP contribution in [-0.4, -0.2) is 63.8 Å². The molecule has 2 heterocycles. The number of esters is 1. The Balaban J connectivity index is 1.56. The highest BCUT2D eigenvalue weighted by Crippen LogP contribution is 2.33. The third kappa shape index (κ3) is 4.91. The van der Waals surface area contributed by atoms with Crippen LogP contribution in [0, 0.1) is 0 Å². The highest BCUT2D eigenvalue weighted by atomic mass is 35.5. The van der Waals surface area contributed by atoms with Crippen molar-refractivity contribution < 1.29 is 19.1 Å². The van der Waals surface area contributed by atoms with E-state index in [0.717, 1.165) is 37.6 Å². The first-order valence-corrected chi connectivity index (χ1v) is 11.1. The number of para-hydroxylation sites is 2. The zero-order valence-electron chi connectivity index (χ0n) is 18.6. The van der Waals surface area contributed by atoms with Gasteiger partial charge in [0, 0.05) is 43.4 Å². The van der Waals surface area contributed by atoms with E-state index >= 15 is 0 Å². The molecule has 2 N–H and O–H groups in total. The fourth-order valence-electron chi connectivity index (χ4n) is 4.30. The third-order valence-corrected chi connectivity index (χ3v) is 6.30. The van der Waals surface area contributed by atoms with E-state index in [1.54, 1.807) is 25.3 Å². The molecular formula is C24H27ClN4O4. The summed E-state index contributed by atoms with van der Waals surface area (Å²) in [4.78, 5) is 29.7. The Kier molecular flexibility index (Phi) is 7.05. The van der Waals surface area contributed by atoms with Crippen molar-refractivity contribution in [3.8, 4) is 5.75 Å². The van der Waals surface area contributed by atoms with Crippen molar-refractivity contribution in [3.05, 3.63) is 70.4 Å². The molecule has 1 saturated heterocycles. The normalized spacial score (nSPS) is 19.1. The molecule has 1 atom stereocenters. The van der Waals surface area contributed by atoms with Gasteiger partial charge in [0.2, 0.25) is 0 Å². The van der Waals surface area contributed by atoms with E-state index in [1.807, 2.05) is 30.3 Å². The maximum atomic E-state index is 12.8. The minimum absolute atomic E-state index is 0.359. The summed E-state index contributed by atoms with van der Waals surface area (Å²) in [5, 5.41) is 6.10. The molecule has 174 valence electrons. The number of piperazine rings is 1. The van der Waals surface area contributed by atoms with Crippen LogP contribution in [0.25, 0.3) is 0 Å². The smallest absolute Gasteiger partial charge is 0.338 e. The van der Waals surface area contributed by atoms with Gasteiger partial charge in [0.25, 0.3) is 0 Å². The monoisotopic (exact) mass is 470 g/mol. The molecule has 2 aliphatic heterocycles. The third-order valence-electron chi connectivity index (χ3n) is 5.96. The van der Waals surface area contributed by atoms with Crippen LogP contribution in [0.3, 0.4) is 0 Å². The lowest BCUT2D eigenvalue weighted by Gasteiger charge is -2.38. The van der Waals surface area contributed by atoms with Gasteiger partial charge in [-0.05, 0) is 23.8 Å². The number of hydrogen-bond acceptors (Lipinski definition) is 6. The lowest BCUT2D eigenvalue weighted by Crippen LogP contribution is -2.51. The van der Waals surface area contributed by atoms with E-state index in [1.165, 1.54) is 7.11 Å². The van der Waals surface area contributed by atoms with Crippen molar-refractivity contribution in [2.75, 3.05) is 51.8 Å². The Bertz CT molecular complexity index is 1070. The van der Waals surface area contributed by atoms with E-state index in [2.05, 4.69) is 20.4 Å².